The minimum absolute atomic E-state index is 0.0360. The lowest BCUT2D eigenvalue weighted by Crippen LogP contribution is -2.42. The van der Waals surface area contributed by atoms with Crippen LogP contribution in [0.1, 0.15) is 18.4 Å². The van der Waals surface area contributed by atoms with Crippen LogP contribution in [-0.4, -0.2) is 36.4 Å². The van der Waals surface area contributed by atoms with Gasteiger partial charge in [-0.25, -0.2) is 9.59 Å². The van der Waals surface area contributed by atoms with Crippen molar-refractivity contribution in [2.45, 2.75) is 18.9 Å². The van der Waals surface area contributed by atoms with Crippen molar-refractivity contribution in [1.29, 1.82) is 0 Å². The number of carbonyl (C=O) groups excluding carboxylic acids is 1. The number of benzene rings is 1. The van der Waals surface area contributed by atoms with E-state index in [9.17, 15) is 9.59 Å². The Morgan fingerprint density at radius 1 is 1.38 bits per heavy atom. The van der Waals surface area contributed by atoms with Gasteiger partial charge in [-0.1, -0.05) is 12.1 Å². The zero-order chi connectivity index (χ0) is 15.1. The Balaban J connectivity index is 1.90. The molecule has 112 valence electrons. The third-order valence-electron chi connectivity index (χ3n) is 3.06. The first-order chi connectivity index (χ1) is 10.1. The summed E-state index contributed by atoms with van der Waals surface area (Å²) >= 11 is 0. The highest BCUT2D eigenvalue weighted by Gasteiger charge is 2.15. The fourth-order valence-corrected chi connectivity index (χ4v) is 2.09. The van der Waals surface area contributed by atoms with Gasteiger partial charge in [0.2, 0.25) is 0 Å². The van der Waals surface area contributed by atoms with E-state index in [0.29, 0.717) is 17.9 Å². The van der Waals surface area contributed by atoms with Crippen LogP contribution < -0.4 is 10.6 Å². The number of carboxylic acid groups (broad SMARTS) is 1. The lowest BCUT2D eigenvalue weighted by molar-refractivity contribution is -0.131. The number of hydrogen-bond acceptors (Lipinski definition) is 3. The second-order valence-electron chi connectivity index (χ2n) is 4.81. The van der Waals surface area contributed by atoms with E-state index < -0.39 is 5.97 Å². The maximum absolute atomic E-state index is 11.9. The van der Waals surface area contributed by atoms with Crippen LogP contribution in [0.15, 0.2) is 30.3 Å². The molecule has 1 atom stereocenters. The van der Waals surface area contributed by atoms with E-state index in [-0.39, 0.29) is 12.1 Å². The molecular formula is C15H18N2O4. The lowest BCUT2D eigenvalue weighted by atomic mass is 10.1. The summed E-state index contributed by atoms with van der Waals surface area (Å²) in [5.74, 6) is -1.01. The Hall–Kier alpha value is -2.34. The number of anilines is 1. The highest BCUT2D eigenvalue weighted by molar-refractivity contribution is 5.90. The SMILES string of the molecule is O=C(O)/C=C/c1cccc(NC(=O)NC2CCCOC2)c1. The van der Waals surface area contributed by atoms with Crippen LogP contribution in [0.3, 0.4) is 0 Å². The van der Waals surface area contributed by atoms with E-state index in [1.165, 1.54) is 6.08 Å². The van der Waals surface area contributed by atoms with E-state index in [1.807, 2.05) is 0 Å². The van der Waals surface area contributed by atoms with Crippen molar-refractivity contribution < 1.29 is 19.4 Å². The van der Waals surface area contributed by atoms with Gasteiger partial charge in [0.05, 0.1) is 12.6 Å². The van der Waals surface area contributed by atoms with Crippen molar-refractivity contribution in [3.05, 3.63) is 35.9 Å². The number of carbonyl (C=O) groups is 2. The molecule has 2 amide bonds. The summed E-state index contributed by atoms with van der Waals surface area (Å²) in [5.41, 5.74) is 1.31. The van der Waals surface area contributed by atoms with E-state index in [4.69, 9.17) is 9.84 Å². The number of amides is 2. The van der Waals surface area contributed by atoms with Gasteiger partial charge in [-0.05, 0) is 36.6 Å². The van der Waals surface area contributed by atoms with Gasteiger partial charge in [0.25, 0.3) is 0 Å². The molecule has 0 aliphatic carbocycles. The molecule has 1 saturated heterocycles. The Morgan fingerprint density at radius 3 is 2.95 bits per heavy atom. The second-order valence-corrected chi connectivity index (χ2v) is 4.81. The van der Waals surface area contributed by atoms with Crippen molar-refractivity contribution in [3.63, 3.8) is 0 Å². The summed E-state index contributed by atoms with van der Waals surface area (Å²) in [6, 6.07) is 6.71. The van der Waals surface area contributed by atoms with Crippen molar-refractivity contribution in [2.75, 3.05) is 18.5 Å². The van der Waals surface area contributed by atoms with Gasteiger partial charge in [0.1, 0.15) is 0 Å². The Labute approximate surface area is 122 Å². The normalized spacial score (nSPS) is 18.4. The first-order valence-electron chi connectivity index (χ1n) is 6.80. The summed E-state index contributed by atoms with van der Waals surface area (Å²) in [5, 5.41) is 14.2. The van der Waals surface area contributed by atoms with Crippen LogP contribution in [0.4, 0.5) is 10.5 Å². The number of nitrogens with one attached hydrogen (secondary N) is 2. The molecule has 1 aliphatic rings. The van der Waals surface area contributed by atoms with E-state index >= 15 is 0 Å². The highest BCUT2D eigenvalue weighted by Crippen LogP contribution is 2.12. The Bertz CT molecular complexity index is 536. The summed E-state index contributed by atoms with van der Waals surface area (Å²) in [6.07, 6.45) is 4.38. The number of urea groups is 1. The molecule has 0 bridgehead atoms. The quantitative estimate of drug-likeness (QED) is 0.741. The largest absolute Gasteiger partial charge is 0.478 e. The first kappa shape index (κ1) is 15.1. The monoisotopic (exact) mass is 290 g/mol. The molecule has 0 radical (unpaired) electrons. The maximum atomic E-state index is 11.9. The summed E-state index contributed by atoms with van der Waals surface area (Å²) in [4.78, 5) is 22.3. The van der Waals surface area contributed by atoms with Crippen molar-refractivity contribution >= 4 is 23.8 Å². The molecule has 1 aromatic rings. The smallest absolute Gasteiger partial charge is 0.328 e. The number of ether oxygens (including phenoxy) is 1. The molecule has 21 heavy (non-hydrogen) atoms. The molecule has 0 aromatic heterocycles. The standard InChI is InChI=1S/C15H18N2O4/c18-14(19)7-6-11-3-1-4-12(9-11)16-15(20)17-13-5-2-8-21-10-13/h1,3-4,6-7,9,13H,2,5,8,10H2,(H,18,19)(H2,16,17,20)/b7-6+. The van der Waals surface area contributed by atoms with Crippen molar-refractivity contribution in [3.8, 4) is 0 Å². The van der Waals surface area contributed by atoms with Gasteiger partial charge in [-0.3, -0.25) is 0 Å². The second kappa shape index (κ2) is 7.44. The molecule has 1 aromatic carbocycles. The number of hydrogen-bond donors (Lipinski definition) is 3. The van der Waals surface area contributed by atoms with Gasteiger partial charge in [0.15, 0.2) is 0 Å². The molecule has 1 fully saturated rings. The summed E-state index contributed by atoms with van der Waals surface area (Å²) in [6.45, 7) is 1.28. The molecule has 1 heterocycles. The topological polar surface area (TPSA) is 87.7 Å². The molecule has 1 unspecified atom stereocenters. The molecular weight excluding hydrogens is 272 g/mol. The Kier molecular flexibility index (Phi) is 5.34. The van der Waals surface area contributed by atoms with Gasteiger partial charge in [0, 0.05) is 18.4 Å². The van der Waals surface area contributed by atoms with E-state index in [2.05, 4.69) is 10.6 Å². The van der Waals surface area contributed by atoms with Gasteiger partial charge >= 0.3 is 12.0 Å². The number of aliphatic carboxylic acids is 1. The van der Waals surface area contributed by atoms with E-state index in [1.54, 1.807) is 24.3 Å². The predicted octanol–water partition coefficient (Wildman–Crippen LogP) is 2.08. The Morgan fingerprint density at radius 2 is 2.24 bits per heavy atom. The molecule has 6 heteroatoms. The van der Waals surface area contributed by atoms with Crippen LogP contribution in [0, 0.1) is 0 Å². The summed E-state index contributed by atoms with van der Waals surface area (Å²) in [7, 11) is 0. The fourth-order valence-electron chi connectivity index (χ4n) is 2.09. The zero-order valence-electron chi connectivity index (χ0n) is 11.5. The van der Waals surface area contributed by atoms with Crippen molar-refractivity contribution in [2.24, 2.45) is 0 Å². The molecule has 2 rings (SSSR count). The minimum Gasteiger partial charge on any atom is -0.478 e. The minimum atomic E-state index is -1.01. The average Bonchev–Trinajstić information content (AvgIpc) is 2.46. The fraction of sp³-hybridized carbons (Fsp3) is 0.333. The highest BCUT2D eigenvalue weighted by atomic mass is 16.5. The lowest BCUT2D eigenvalue weighted by Gasteiger charge is -2.23. The molecule has 6 nitrogen and oxygen atoms in total. The molecule has 1 aliphatic heterocycles. The van der Waals surface area contributed by atoms with E-state index in [0.717, 1.165) is 25.5 Å². The van der Waals surface area contributed by atoms with Gasteiger partial charge in [-0.15, -0.1) is 0 Å². The maximum Gasteiger partial charge on any atom is 0.328 e. The number of rotatable bonds is 4. The first-order valence-corrected chi connectivity index (χ1v) is 6.80. The average molecular weight is 290 g/mol. The predicted molar refractivity (Wildman–Crippen MR) is 79.1 cm³/mol. The third kappa shape index (κ3) is 5.27. The molecule has 0 spiro atoms. The van der Waals surface area contributed by atoms with Crippen LogP contribution in [-0.2, 0) is 9.53 Å². The van der Waals surface area contributed by atoms with Crippen LogP contribution in [0.5, 0.6) is 0 Å². The van der Waals surface area contributed by atoms with Gasteiger partial charge in [-0.2, -0.15) is 0 Å². The molecule has 3 N–H and O–H groups in total. The van der Waals surface area contributed by atoms with Crippen LogP contribution >= 0.6 is 0 Å². The number of carboxylic acids is 1. The van der Waals surface area contributed by atoms with Gasteiger partial charge < -0.3 is 20.5 Å². The zero-order valence-corrected chi connectivity index (χ0v) is 11.5. The molecule has 0 saturated carbocycles. The third-order valence-corrected chi connectivity index (χ3v) is 3.06. The van der Waals surface area contributed by atoms with Crippen LogP contribution in [0.25, 0.3) is 6.08 Å². The summed E-state index contributed by atoms with van der Waals surface area (Å²) < 4.78 is 5.30. The van der Waals surface area contributed by atoms with Crippen LogP contribution in [0.2, 0.25) is 0 Å². The van der Waals surface area contributed by atoms with Crippen molar-refractivity contribution in [1.82, 2.24) is 5.32 Å².